The Hall–Kier alpha value is -0.350. The van der Waals surface area contributed by atoms with E-state index in [2.05, 4.69) is 39.6 Å². The fraction of sp³-hybridized carbons (Fsp3) is 0.500. The fourth-order valence-corrected chi connectivity index (χ4v) is 2.47. The second kappa shape index (κ2) is 6.19. The highest BCUT2D eigenvalue weighted by Gasteiger charge is 2.04. The van der Waals surface area contributed by atoms with E-state index in [1.165, 1.54) is 10.4 Å². The molecule has 0 aliphatic carbocycles. The van der Waals surface area contributed by atoms with Crippen LogP contribution < -0.4 is 5.32 Å². The SMILES string of the molecule is CCc1ccsc1CNC(=O)CCBr. The Morgan fingerprint density at radius 2 is 2.43 bits per heavy atom. The number of amides is 1. The molecule has 1 heterocycles. The minimum Gasteiger partial charge on any atom is -0.351 e. The Balaban J connectivity index is 2.41. The Labute approximate surface area is 96.8 Å². The van der Waals surface area contributed by atoms with Crippen molar-refractivity contribution in [3.05, 3.63) is 21.9 Å². The highest BCUT2D eigenvalue weighted by atomic mass is 79.9. The molecule has 0 aromatic carbocycles. The van der Waals surface area contributed by atoms with E-state index in [0.717, 1.165) is 11.8 Å². The summed E-state index contributed by atoms with van der Waals surface area (Å²) in [5.41, 5.74) is 1.34. The summed E-state index contributed by atoms with van der Waals surface area (Å²) < 4.78 is 0. The minimum absolute atomic E-state index is 0.109. The van der Waals surface area contributed by atoms with Crippen LogP contribution in [-0.4, -0.2) is 11.2 Å². The lowest BCUT2D eigenvalue weighted by Gasteiger charge is -2.03. The average molecular weight is 276 g/mol. The van der Waals surface area contributed by atoms with Crippen LogP contribution in [-0.2, 0) is 17.8 Å². The highest BCUT2D eigenvalue weighted by molar-refractivity contribution is 9.09. The van der Waals surface area contributed by atoms with Crippen molar-refractivity contribution in [3.8, 4) is 0 Å². The number of hydrogen-bond acceptors (Lipinski definition) is 2. The zero-order chi connectivity index (χ0) is 10.4. The topological polar surface area (TPSA) is 29.1 Å². The van der Waals surface area contributed by atoms with Gasteiger partial charge in [0.2, 0.25) is 5.91 Å². The summed E-state index contributed by atoms with van der Waals surface area (Å²) in [5.74, 6) is 0.109. The van der Waals surface area contributed by atoms with Gasteiger partial charge in [0, 0.05) is 16.6 Å². The molecule has 0 aliphatic heterocycles. The van der Waals surface area contributed by atoms with Gasteiger partial charge in [-0.25, -0.2) is 0 Å². The van der Waals surface area contributed by atoms with Crippen molar-refractivity contribution in [3.63, 3.8) is 0 Å². The minimum atomic E-state index is 0.109. The second-order valence-corrected chi connectivity index (χ2v) is 4.73. The molecule has 4 heteroatoms. The fourth-order valence-electron chi connectivity index (χ4n) is 1.19. The van der Waals surface area contributed by atoms with Crippen LogP contribution in [0.3, 0.4) is 0 Å². The quantitative estimate of drug-likeness (QED) is 0.823. The third-order valence-corrected chi connectivity index (χ3v) is 3.35. The van der Waals surface area contributed by atoms with Gasteiger partial charge in [0.05, 0.1) is 6.54 Å². The van der Waals surface area contributed by atoms with E-state index in [1.54, 1.807) is 11.3 Å². The summed E-state index contributed by atoms with van der Waals surface area (Å²) in [6.07, 6.45) is 1.58. The first kappa shape index (κ1) is 11.7. The van der Waals surface area contributed by atoms with Gasteiger partial charge in [-0.1, -0.05) is 22.9 Å². The van der Waals surface area contributed by atoms with Crippen LogP contribution in [0.15, 0.2) is 11.4 Å². The van der Waals surface area contributed by atoms with Gasteiger partial charge < -0.3 is 5.32 Å². The molecule has 0 unspecified atom stereocenters. The predicted octanol–water partition coefficient (Wildman–Crippen LogP) is 2.71. The van der Waals surface area contributed by atoms with Gasteiger partial charge in [0.25, 0.3) is 0 Å². The van der Waals surface area contributed by atoms with Crippen molar-refractivity contribution in [2.75, 3.05) is 5.33 Å². The molecule has 0 saturated heterocycles. The molecule has 0 radical (unpaired) electrons. The lowest BCUT2D eigenvalue weighted by molar-refractivity contribution is -0.120. The van der Waals surface area contributed by atoms with Gasteiger partial charge in [-0.15, -0.1) is 11.3 Å². The Morgan fingerprint density at radius 3 is 3.07 bits per heavy atom. The number of alkyl halides is 1. The predicted molar refractivity (Wildman–Crippen MR) is 64.0 cm³/mol. The third kappa shape index (κ3) is 3.42. The molecule has 1 aromatic rings. The Kier molecular flexibility index (Phi) is 5.19. The first-order valence-electron chi connectivity index (χ1n) is 4.65. The Bertz CT molecular complexity index is 298. The van der Waals surface area contributed by atoms with Crippen LogP contribution in [0.2, 0.25) is 0 Å². The molecule has 0 spiro atoms. The molecule has 1 rings (SSSR count). The van der Waals surface area contributed by atoms with E-state index in [4.69, 9.17) is 0 Å². The zero-order valence-corrected chi connectivity index (χ0v) is 10.6. The van der Waals surface area contributed by atoms with Crippen molar-refractivity contribution in [1.82, 2.24) is 5.32 Å². The lowest BCUT2D eigenvalue weighted by Crippen LogP contribution is -2.22. The maximum Gasteiger partial charge on any atom is 0.221 e. The lowest BCUT2D eigenvalue weighted by atomic mass is 10.2. The van der Waals surface area contributed by atoms with E-state index in [-0.39, 0.29) is 5.91 Å². The summed E-state index contributed by atoms with van der Waals surface area (Å²) in [5, 5.41) is 5.70. The largest absolute Gasteiger partial charge is 0.351 e. The van der Waals surface area contributed by atoms with Crippen molar-refractivity contribution < 1.29 is 4.79 Å². The number of aryl methyl sites for hydroxylation is 1. The highest BCUT2D eigenvalue weighted by Crippen LogP contribution is 2.16. The summed E-state index contributed by atoms with van der Waals surface area (Å²) in [6, 6.07) is 2.12. The van der Waals surface area contributed by atoms with Gasteiger partial charge >= 0.3 is 0 Å². The van der Waals surface area contributed by atoms with Gasteiger partial charge in [0.15, 0.2) is 0 Å². The average Bonchev–Trinajstić information content (AvgIpc) is 2.62. The maximum absolute atomic E-state index is 11.2. The monoisotopic (exact) mass is 275 g/mol. The molecule has 1 aromatic heterocycles. The smallest absolute Gasteiger partial charge is 0.221 e. The van der Waals surface area contributed by atoms with Gasteiger partial charge in [0.1, 0.15) is 0 Å². The van der Waals surface area contributed by atoms with Crippen molar-refractivity contribution in [1.29, 1.82) is 0 Å². The molecule has 78 valence electrons. The van der Waals surface area contributed by atoms with E-state index in [0.29, 0.717) is 13.0 Å². The van der Waals surface area contributed by atoms with Gasteiger partial charge in [-0.3, -0.25) is 4.79 Å². The van der Waals surface area contributed by atoms with Gasteiger partial charge in [-0.05, 0) is 23.4 Å². The summed E-state index contributed by atoms with van der Waals surface area (Å²) in [7, 11) is 0. The van der Waals surface area contributed by atoms with E-state index in [1.807, 2.05) is 0 Å². The molecule has 1 amide bonds. The molecule has 0 atom stereocenters. The number of hydrogen-bond donors (Lipinski definition) is 1. The second-order valence-electron chi connectivity index (χ2n) is 2.94. The van der Waals surface area contributed by atoms with Crippen molar-refractivity contribution in [2.45, 2.75) is 26.3 Å². The van der Waals surface area contributed by atoms with Crippen LogP contribution >= 0.6 is 27.3 Å². The molecule has 1 N–H and O–H groups in total. The van der Waals surface area contributed by atoms with Gasteiger partial charge in [-0.2, -0.15) is 0 Å². The van der Waals surface area contributed by atoms with Crippen molar-refractivity contribution in [2.24, 2.45) is 0 Å². The molecule has 14 heavy (non-hydrogen) atoms. The van der Waals surface area contributed by atoms with Crippen LogP contribution in [0.5, 0.6) is 0 Å². The van der Waals surface area contributed by atoms with E-state index < -0.39 is 0 Å². The molecular formula is C10H14BrNOS. The molecule has 0 aliphatic rings. The van der Waals surface area contributed by atoms with Crippen LogP contribution in [0.1, 0.15) is 23.8 Å². The number of carbonyl (C=O) groups excluding carboxylic acids is 1. The Morgan fingerprint density at radius 1 is 1.64 bits per heavy atom. The summed E-state index contributed by atoms with van der Waals surface area (Å²) in [4.78, 5) is 12.5. The number of halogens is 1. The van der Waals surface area contributed by atoms with Crippen molar-refractivity contribution >= 4 is 33.2 Å². The molecule has 0 fully saturated rings. The molecule has 2 nitrogen and oxygen atoms in total. The number of thiophene rings is 1. The number of rotatable bonds is 5. The molecular weight excluding hydrogens is 262 g/mol. The van der Waals surface area contributed by atoms with E-state index in [9.17, 15) is 4.79 Å². The third-order valence-electron chi connectivity index (χ3n) is 1.99. The summed E-state index contributed by atoms with van der Waals surface area (Å²) >= 11 is 4.95. The first-order valence-corrected chi connectivity index (χ1v) is 6.66. The first-order chi connectivity index (χ1) is 6.77. The molecule has 0 bridgehead atoms. The standard InChI is InChI=1S/C10H14BrNOS/c1-2-8-4-6-14-9(8)7-12-10(13)3-5-11/h4,6H,2-3,5,7H2,1H3,(H,12,13). The normalized spacial score (nSPS) is 10.1. The zero-order valence-electron chi connectivity index (χ0n) is 8.18. The molecule has 0 saturated carbocycles. The number of nitrogens with one attached hydrogen (secondary N) is 1. The van der Waals surface area contributed by atoms with E-state index >= 15 is 0 Å². The number of carbonyl (C=O) groups is 1. The summed E-state index contributed by atoms with van der Waals surface area (Å²) in [6.45, 7) is 2.80. The maximum atomic E-state index is 11.2. The van der Waals surface area contributed by atoms with Crippen LogP contribution in [0, 0.1) is 0 Å². The van der Waals surface area contributed by atoms with Crippen LogP contribution in [0.25, 0.3) is 0 Å². The van der Waals surface area contributed by atoms with Crippen LogP contribution in [0.4, 0.5) is 0 Å².